The van der Waals surface area contributed by atoms with Gasteiger partial charge in [-0.25, -0.2) is 0 Å². The summed E-state index contributed by atoms with van der Waals surface area (Å²) in [6, 6.07) is 7.38. The van der Waals surface area contributed by atoms with Gasteiger partial charge in [-0.3, -0.25) is 0 Å². The van der Waals surface area contributed by atoms with Crippen molar-refractivity contribution in [1.82, 2.24) is 0 Å². The monoisotopic (exact) mass is 326 g/mol. The Hall–Kier alpha value is -1.22. The van der Waals surface area contributed by atoms with E-state index in [0.717, 1.165) is 11.3 Å². The average Bonchev–Trinajstić information content (AvgIpc) is 2.58. The number of benzene rings is 1. The fourth-order valence-corrected chi connectivity index (χ4v) is 3.02. The molecule has 3 N–H and O–H groups in total. The van der Waals surface area contributed by atoms with Crippen molar-refractivity contribution in [3.8, 4) is 5.75 Å². The maximum atomic E-state index is 10.2. The first-order valence-corrected chi connectivity index (χ1v) is 7.62. The third-order valence-corrected chi connectivity index (χ3v) is 4.35. The number of hydrogen-bond acceptors (Lipinski definition) is 7. The van der Waals surface area contributed by atoms with Crippen molar-refractivity contribution >= 4 is 0 Å². The molecular formula is C16H22O7. The second kappa shape index (κ2) is 6.72. The highest BCUT2D eigenvalue weighted by Gasteiger charge is 2.50. The van der Waals surface area contributed by atoms with E-state index in [9.17, 15) is 15.3 Å². The molecule has 128 valence electrons. The lowest BCUT2D eigenvalue weighted by molar-refractivity contribution is -0.366. The number of fused-ring (bicyclic) bond motifs is 1. The van der Waals surface area contributed by atoms with Crippen molar-refractivity contribution in [2.75, 3.05) is 13.7 Å². The standard InChI is InChI=1S/C16H22O7/c1-8-14(9-3-5-10(20-2)6-4-9)23-15-13(19)12(18)11(7-17)22-16(15)21-8/h3-6,8,11-19H,7H2,1-2H3. The van der Waals surface area contributed by atoms with Crippen LogP contribution in [-0.2, 0) is 14.2 Å². The number of aliphatic hydroxyl groups is 3. The van der Waals surface area contributed by atoms with Crippen LogP contribution in [0.1, 0.15) is 18.6 Å². The van der Waals surface area contributed by atoms with E-state index in [1.54, 1.807) is 7.11 Å². The van der Waals surface area contributed by atoms with Gasteiger partial charge in [0.05, 0.1) is 19.8 Å². The summed E-state index contributed by atoms with van der Waals surface area (Å²) in [7, 11) is 1.59. The molecule has 7 nitrogen and oxygen atoms in total. The molecule has 2 heterocycles. The van der Waals surface area contributed by atoms with Gasteiger partial charge in [-0.1, -0.05) is 12.1 Å². The van der Waals surface area contributed by atoms with E-state index >= 15 is 0 Å². The maximum absolute atomic E-state index is 10.2. The lowest BCUT2D eigenvalue weighted by Gasteiger charge is -2.48. The summed E-state index contributed by atoms with van der Waals surface area (Å²) in [5, 5.41) is 29.4. The molecule has 7 unspecified atom stereocenters. The number of methoxy groups -OCH3 is 1. The average molecular weight is 326 g/mol. The van der Waals surface area contributed by atoms with Crippen LogP contribution in [0.3, 0.4) is 0 Å². The minimum atomic E-state index is -1.23. The molecule has 0 aliphatic carbocycles. The molecule has 2 saturated heterocycles. The van der Waals surface area contributed by atoms with Crippen LogP contribution >= 0.6 is 0 Å². The second-order valence-corrected chi connectivity index (χ2v) is 5.84. The van der Waals surface area contributed by atoms with Crippen molar-refractivity contribution < 1.29 is 34.3 Å². The zero-order chi connectivity index (χ0) is 16.6. The Labute approximate surface area is 134 Å². The molecule has 0 spiro atoms. The molecule has 7 atom stereocenters. The summed E-state index contributed by atoms with van der Waals surface area (Å²) in [5.41, 5.74) is 0.878. The third-order valence-electron chi connectivity index (χ3n) is 4.35. The Bertz CT molecular complexity index is 520. The molecule has 3 rings (SSSR count). The highest BCUT2D eigenvalue weighted by atomic mass is 16.7. The van der Waals surface area contributed by atoms with Crippen LogP contribution < -0.4 is 4.74 Å². The van der Waals surface area contributed by atoms with Gasteiger partial charge in [0.2, 0.25) is 0 Å². The van der Waals surface area contributed by atoms with Crippen molar-refractivity contribution in [3.05, 3.63) is 29.8 Å². The SMILES string of the molecule is COc1ccc(C2OC3C(OC2C)OC(CO)C(O)C3O)cc1. The van der Waals surface area contributed by atoms with Gasteiger partial charge in [-0.2, -0.15) is 0 Å². The van der Waals surface area contributed by atoms with Crippen LogP contribution in [0.2, 0.25) is 0 Å². The van der Waals surface area contributed by atoms with Crippen LogP contribution in [0.25, 0.3) is 0 Å². The molecule has 1 aromatic carbocycles. The van der Waals surface area contributed by atoms with Gasteiger partial charge in [0, 0.05) is 0 Å². The fourth-order valence-electron chi connectivity index (χ4n) is 3.02. The third kappa shape index (κ3) is 3.08. The molecule has 2 fully saturated rings. The van der Waals surface area contributed by atoms with Crippen LogP contribution in [0, 0.1) is 0 Å². The van der Waals surface area contributed by atoms with Crippen molar-refractivity contribution in [2.24, 2.45) is 0 Å². The molecule has 0 amide bonds. The van der Waals surface area contributed by atoms with Gasteiger partial charge in [0.25, 0.3) is 0 Å². The van der Waals surface area contributed by atoms with Crippen LogP contribution in [0.5, 0.6) is 5.75 Å². The number of aliphatic hydroxyl groups excluding tert-OH is 3. The molecule has 2 aliphatic rings. The number of hydrogen-bond donors (Lipinski definition) is 3. The van der Waals surface area contributed by atoms with Crippen LogP contribution in [0.15, 0.2) is 24.3 Å². The van der Waals surface area contributed by atoms with Crippen molar-refractivity contribution in [1.29, 1.82) is 0 Å². The van der Waals surface area contributed by atoms with Crippen LogP contribution in [-0.4, -0.2) is 65.8 Å². The lowest BCUT2D eigenvalue weighted by Crippen LogP contribution is -2.63. The molecule has 0 saturated carbocycles. The highest BCUT2D eigenvalue weighted by Crippen LogP contribution is 2.37. The zero-order valence-electron chi connectivity index (χ0n) is 13.0. The Kier molecular flexibility index (Phi) is 4.86. The summed E-state index contributed by atoms with van der Waals surface area (Å²) in [4.78, 5) is 0. The molecule has 7 heteroatoms. The summed E-state index contributed by atoms with van der Waals surface area (Å²) < 4.78 is 22.4. The van der Waals surface area contributed by atoms with Gasteiger partial charge < -0.3 is 34.3 Å². The maximum Gasteiger partial charge on any atom is 0.187 e. The summed E-state index contributed by atoms with van der Waals surface area (Å²) in [5.74, 6) is 0.734. The number of rotatable bonds is 3. The van der Waals surface area contributed by atoms with E-state index in [-0.39, 0.29) is 6.10 Å². The molecule has 0 aromatic heterocycles. The van der Waals surface area contributed by atoms with E-state index < -0.39 is 43.4 Å². The van der Waals surface area contributed by atoms with Gasteiger partial charge in [-0.15, -0.1) is 0 Å². The zero-order valence-corrected chi connectivity index (χ0v) is 13.0. The fraction of sp³-hybridized carbons (Fsp3) is 0.625. The van der Waals surface area contributed by atoms with E-state index in [1.165, 1.54) is 0 Å². The first-order chi connectivity index (χ1) is 11.0. The Balaban J connectivity index is 1.78. The summed E-state index contributed by atoms with van der Waals surface area (Å²) in [6.07, 6.45) is -5.68. The topological polar surface area (TPSA) is 97.6 Å². The van der Waals surface area contributed by atoms with Crippen molar-refractivity contribution in [2.45, 2.75) is 49.8 Å². The minimum absolute atomic E-state index is 0.313. The highest BCUT2D eigenvalue weighted by molar-refractivity contribution is 5.29. The molecule has 0 radical (unpaired) electrons. The predicted octanol–water partition coefficient (Wildman–Crippen LogP) is -0.0208. The lowest BCUT2D eigenvalue weighted by atomic mass is 9.96. The first-order valence-electron chi connectivity index (χ1n) is 7.62. The van der Waals surface area contributed by atoms with Gasteiger partial charge in [0.1, 0.15) is 36.3 Å². The van der Waals surface area contributed by atoms with Gasteiger partial charge in [-0.05, 0) is 24.6 Å². The summed E-state index contributed by atoms with van der Waals surface area (Å²) >= 11 is 0. The van der Waals surface area contributed by atoms with E-state index in [0.29, 0.717) is 0 Å². The summed E-state index contributed by atoms with van der Waals surface area (Å²) in [6.45, 7) is 1.45. The Morgan fingerprint density at radius 1 is 1.04 bits per heavy atom. The number of ether oxygens (including phenoxy) is 4. The molecular weight excluding hydrogens is 304 g/mol. The molecule has 2 aliphatic heterocycles. The Morgan fingerprint density at radius 3 is 2.35 bits per heavy atom. The normalized spacial score (nSPS) is 40.5. The quantitative estimate of drug-likeness (QED) is 0.718. The predicted molar refractivity (Wildman–Crippen MR) is 78.9 cm³/mol. The largest absolute Gasteiger partial charge is 0.497 e. The van der Waals surface area contributed by atoms with Gasteiger partial charge >= 0.3 is 0 Å². The van der Waals surface area contributed by atoms with Crippen molar-refractivity contribution in [3.63, 3.8) is 0 Å². The molecule has 1 aromatic rings. The smallest absolute Gasteiger partial charge is 0.187 e. The molecule has 23 heavy (non-hydrogen) atoms. The Morgan fingerprint density at radius 2 is 1.74 bits per heavy atom. The second-order valence-electron chi connectivity index (χ2n) is 5.84. The van der Waals surface area contributed by atoms with E-state index in [4.69, 9.17) is 18.9 Å². The van der Waals surface area contributed by atoms with E-state index in [1.807, 2.05) is 31.2 Å². The minimum Gasteiger partial charge on any atom is -0.497 e. The molecule has 0 bridgehead atoms. The van der Waals surface area contributed by atoms with Crippen LogP contribution in [0.4, 0.5) is 0 Å². The van der Waals surface area contributed by atoms with Gasteiger partial charge in [0.15, 0.2) is 6.29 Å². The first kappa shape index (κ1) is 16.6. The van der Waals surface area contributed by atoms with E-state index in [2.05, 4.69) is 0 Å².